The van der Waals surface area contributed by atoms with E-state index in [-0.39, 0.29) is 6.42 Å². The number of carbonyl (C=O) groups is 2. The molecule has 80 valence electrons. The van der Waals surface area contributed by atoms with Crippen molar-refractivity contribution in [3.8, 4) is 0 Å². The van der Waals surface area contributed by atoms with E-state index in [4.69, 9.17) is 23.2 Å². The Morgan fingerprint density at radius 1 is 1.13 bits per heavy atom. The first-order chi connectivity index (χ1) is 7.11. The second-order valence-corrected chi connectivity index (χ2v) is 3.96. The molecule has 0 aromatic heterocycles. The van der Waals surface area contributed by atoms with Crippen LogP contribution in [-0.2, 0) is 9.59 Å². The molecule has 0 amide bonds. The molecule has 0 heterocycles. The van der Waals surface area contributed by atoms with Gasteiger partial charge in [-0.3, -0.25) is 9.59 Å². The molecule has 0 bridgehead atoms. The lowest BCUT2D eigenvalue weighted by atomic mass is 9.96. The molecule has 0 aliphatic heterocycles. The van der Waals surface area contributed by atoms with Gasteiger partial charge >= 0.3 is 0 Å². The van der Waals surface area contributed by atoms with Gasteiger partial charge in [0, 0.05) is 6.42 Å². The van der Waals surface area contributed by atoms with Crippen LogP contribution in [-0.4, -0.2) is 10.5 Å². The van der Waals surface area contributed by atoms with E-state index in [9.17, 15) is 9.59 Å². The summed E-state index contributed by atoms with van der Waals surface area (Å²) in [5, 5.41) is -0.909. The average Bonchev–Trinajstić information content (AvgIpc) is 2.18. The van der Waals surface area contributed by atoms with Gasteiger partial charge in [-0.25, -0.2) is 0 Å². The van der Waals surface area contributed by atoms with E-state index < -0.39 is 16.4 Å². The van der Waals surface area contributed by atoms with Crippen molar-refractivity contribution >= 4 is 33.7 Å². The number of hydrogen-bond acceptors (Lipinski definition) is 2. The zero-order chi connectivity index (χ0) is 11.3. The molecule has 1 aromatic rings. The van der Waals surface area contributed by atoms with Gasteiger partial charge in [0.2, 0.25) is 10.5 Å². The highest BCUT2D eigenvalue weighted by atomic mass is 35.5. The predicted octanol–water partition coefficient (Wildman–Crippen LogP) is 3.08. The van der Waals surface area contributed by atoms with Crippen LogP contribution in [0.4, 0.5) is 0 Å². The van der Waals surface area contributed by atoms with Gasteiger partial charge in [-0.05, 0) is 35.2 Å². The molecule has 15 heavy (non-hydrogen) atoms. The number of halogens is 2. The fourth-order valence-electron chi connectivity index (χ4n) is 1.35. The molecule has 0 saturated heterocycles. The first-order valence-electron chi connectivity index (χ1n) is 4.54. The molecular formula is C11H10Cl2O2. The van der Waals surface area contributed by atoms with Crippen LogP contribution < -0.4 is 0 Å². The molecule has 1 aromatic carbocycles. The fourth-order valence-corrected chi connectivity index (χ4v) is 1.70. The topological polar surface area (TPSA) is 34.1 Å². The van der Waals surface area contributed by atoms with Gasteiger partial charge in [-0.15, -0.1) is 0 Å². The number of benzene rings is 1. The Bertz CT molecular complexity index is 349. The highest BCUT2D eigenvalue weighted by Crippen LogP contribution is 2.24. The highest BCUT2D eigenvalue weighted by molar-refractivity contribution is 6.65. The third kappa shape index (κ3) is 4.02. The summed E-state index contributed by atoms with van der Waals surface area (Å²) in [4.78, 5) is 21.8. The minimum absolute atomic E-state index is 0.152. The Labute approximate surface area is 98.2 Å². The molecule has 0 aliphatic rings. The van der Waals surface area contributed by atoms with Crippen molar-refractivity contribution in [1.82, 2.24) is 0 Å². The Balaban J connectivity index is 2.75. The lowest BCUT2D eigenvalue weighted by molar-refractivity contribution is -0.113. The first-order valence-corrected chi connectivity index (χ1v) is 5.29. The second kappa shape index (κ2) is 5.89. The van der Waals surface area contributed by atoms with Gasteiger partial charge in [0.25, 0.3) is 0 Å². The number of carbonyl (C=O) groups excluding carboxylic acids is 2. The molecule has 0 radical (unpaired) electrons. The molecule has 1 atom stereocenters. The van der Waals surface area contributed by atoms with Crippen molar-refractivity contribution in [3.63, 3.8) is 0 Å². The lowest BCUT2D eigenvalue weighted by Gasteiger charge is -2.11. The summed E-state index contributed by atoms with van der Waals surface area (Å²) in [6.45, 7) is 0. The number of rotatable bonds is 5. The van der Waals surface area contributed by atoms with E-state index >= 15 is 0 Å². The van der Waals surface area contributed by atoms with Crippen LogP contribution in [0.3, 0.4) is 0 Å². The summed E-state index contributed by atoms with van der Waals surface area (Å²) in [7, 11) is 0. The van der Waals surface area contributed by atoms with Crippen LogP contribution in [0.25, 0.3) is 0 Å². The maximum Gasteiger partial charge on any atom is 0.229 e. The SMILES string of the molecule is O=C(Cl)CCC(C(=O)Cl)c1ccccc1. The monoisotopic (exact) mass is 244 g/mol. The van der Waals surface area contributed by atoms with Crippen molar-refractivity contribution in [3.05, 3.63) is 35.9 Å². The van der Waals surface area contributed by atoms with Crippen molar-refractivity contribution in [2.45, 2.75) is 18.8 Å². The third-order valence-electron chi connectivity index (χ3n) is 2.11. The van der Waals surface area contributed by atoms with E-state index in [0.717, 1.165) is 5.56 Å². The van der Waals surface area contributed by atoms with Crippen LogP contribution in [0, 0.1) is 0 Å². The van der Waals surface area contributed by atoms with Crippen molar-refractivity contribution in [2.75, 3.05) is 0 Å². The molecule has 0 aliphatic carbocycles. The molecule has 1 rings (SSSR count). The Morgan fingerprint density at radius 2 is 1.73 bits per heavy atom. The standard InChI is InChI=1S/C11H10Cl2O2/c12-10(14)7-6-9(11(13)15)8-4-2-1-3-5-8/h1-5,9H,6-7H2. The average molecular weight is 245 g/mol. The molecule has 2 nitrogen and oxygen atoms in total. The van der Waals surface area contributed by atoms with Crippen molar-refractivity contribution in [1.29, 1.82) is 0 Å². The highest BCUT2D eigenvalue weighted by Gasteiger charge is 2.18. The predicted molar refractivity (Wildman–Crippen MR) is 60.1 cm³/mol. The maximum absolute atomic E-state index is 11.2. The van der Waals surface area contributed by atoms with Crippen LogP contribution in [0.15, 0.2) is 30.3 Å². The van der Waals surface area contributed by atoms with E-state index in [1.807, 2.05) is 30.3 Å². The molecule has 0 spiro atoms. The molecule has 0 fully saturated rings. The molecule has 0 saturated carbocycles. The van der Waals surface area contributed by atoms with E-state index in [2.05, 4.69) is 0 Å². The normalized spacial score (nSPS) is 12.1. The summed E-state index contributed by atoms with van der Waals surface area (Å²) >= 11 is 10.7. The van der Waals surface area contributed by atoms with Gasteiger partial charge in [0.15, 0.2) is 0 Å². The van der Waals surface area contributed by atoms with Crippen LogP contribution in [0.5, 0.6) is 0 Å². The third-order valence-corrected chi connectivity index (χ3v) is 2.56. The summed E-state index contributed by atoms with van der Waals surface area (Å²) in [6.07, 6.45) is 0.508. The zero-order valence-electron chi connectivity index (χ0n) is 7.95. The van der Waals surface area contributed by atoms with Gasteiger partial charge < -0.3 is 0 Å². The van der Waals surface area contributed by atoms with Gasteiger partial charge in [0.1, 0.15) is 0 Å². The van der Waals surface area contributed by atoms with Gasteiger partial charge in [-0.1, -0.05) is 30.3 Å². The molecule has 0 N–H and O–H groups in total. The smallest absolute Gasteiger partial charge is 0.229 e. The first kappa shape index (κ1) is 12.2. The molecular weight excluding hydrogens is 235 g/mol. The number of hydrogen-bond donors (Lipinski definition) is 0. The Morgan fingerprint density at radius 3 is 2.20 bits per heavy atom. The Kier molecular flexibility index (Phi) is 4.79. The van der Waals surface area contributed by atoms with Gasteiger partial charge in [0.05, 0.1) is 5.92 Å². The van der Waals surface area contributed by atoms with Crippen LogP contribution >= 0.6 is 23.2 Å². The van der Waals surface area contributed by atoms with Crippen molar-refractivity contribution in [2.24, 2.45) is 0 Å². The minimum Gasteiger partial charge on any atom is -0.281 e. The molecule has 1 unspecified atom stereocenters. The Hall–Kier alpha value is -0.860. The second-order valence-electron chi connectivity index (χ2n) is 3.16. The van der Waals surface area contributed by atoms with Crippen LogP contribution in [0.1, 0.15) is 24.3 Å². The quantitative estimate of drug-likeness (QED) is 0.747. The molecule has 4 heteroatoms. The largest absolute Gasteiger partial charge is 0.281 e. The summed E-state index contributed by atoms with van der Waals surface area (Å²) < 4.78 is 0. The minimum atomic E-state index is -0.459. The van der Waals surface area contributed by atoms with Crippen molar-refractivity contribution < 1.29 is 9.59 Å². The summed E-state index contributed by atoms with van der Waals surface area (Å²) in [5.74, 6) is -0.449. The lowest BCUT2D eigenvalue weighted by Crippen LogP contribution is -2.07. The van der Waals surface area contributed by atoms with E-state index in [1.54, 1.807) is 0 Å². The van der Waals surface area contributed by atoms with E-state index in [1.165, 1.54) is 0 Å². The van der Waals surface area contributed by atoms with E-state index in [0.29, 0.717) is 6.42 Å². The summed E-state index contributed by atoms with van der Waals surface area (Å²) in [5.41, 5.74) is 0.815. The van der Waals surface area contributed by atoms with Crippen LogP contribution in [0.2, 0.25) is 0 Å². The maximum atomic E-state index is 11.2. The fraction of sp³-hybridized carbons (Fsp3) is 0.273. The van der Waals surface area contributed by atoms with Gasteiger partial charge in [-0.2, -0.15) is 0 Å². The summed E-state index contributed by atoms with van der Waals surface area (Å²) in [6, 6.07) is 9.12. The zero-order valence-corrected chi connectivity index (χ0v) is 9.46.